The van der Waals surface area contributed by atoms with Crippen LogP contribution in [0.2, 0.25) is 0 Å². The van der Waals surface area contributed by atoms with E-state index in [0.717, 1.165) is 35.1 Å². The smallest absolute Gasteiger partial charge is 0.331 e. The number of aromatic amines is 2. The molecule has 0 fully saturated rings. The predicted molar refractivity (Wildman–Crippen MR) is 99.8 cm³/mol. The number of hydrogen-bond acceptors (Lipinski definition) is 4. The molecular weight excluding hydrogens is 332 g/mol. The quantitative estimate of drug-likeness (QED) is 0.667. The van der Waals surface area contributed by atoms with Crippen LogP contribution in [0.3, 0.4) is 0 Å². The Balaban J connectivity index is 1.99. The number of rotatable bonds is 3. The van der Waals surface area contributed by atoms with Gasteiger partial charge in [-0.05, 0) is 31.5 Å². The molecular formula is C19H22N4O3. The van der Waals surface area contributed by atoms with Gasteiger partial charge in [-0.25, -0.2) is 4.79 Å². The number of H-pyrrole nitrogens is 2. The van der Waals surface area contributed by atoms with Crippen molar-refractivity contribution in [1.82, 2.24) is 19.4 Å². The van der Waals surface area contributed by atoms with Gasteiger partial charge in [-0.2, -0.15) is 0 Å². The molecule has 0 bridgehead atoms. The van der Waals surface area contributed by atoms with Gasteiger partial charge in [-0.15, -0.1) is 0 Å². The molecule has 1 atom stereocenters. The lowest BCUT2D eigenvalue weighted by Gasteiger charge is -2.33. The number of aromatic nitrogens is 3. The average molecular weight is 354 g/mol. The Hall–Kier alpha value is -2.80. The zero-order valence-electron chi connectivity index (χ0n) is 14.9. The number of para-hydroxylation sites is 1. The van der Waals surface area contributed by atoms with Gasteiger partial charge in [0.15, 0.2) is 0 Å². The van der Waals surface area contributed by atoms with Gasteiger partial charge in [-0.3, -0.25) is 19.2 Å². The van der Waals surface area contributed by atoms with Crippen LogP contribution >= 0.6 is 0 Å². The summed E-state index contributed by atoms with van der Waals surface area (Å²) in [5, 5.41) is 11.9. The minimum absolute atomic E-state index is 0.216. The molecule has 3 N–H and O–H groups in total. The third-order valence-corrected chi connectivity index (χ3v) is 5.20. The Labute approximate surface area is 149 Å². The number of fused-ring (bicyclic) bond motifs is 3. The molecule has 0 aliphatic carbocycles. The second kappa shape index (κ2) is 6.17. The molecule has 0 saturated carbocycles. The fourth-order valence-corrected chi connectivity index (χ4v) is 3.98. The molecule has 1 aliphatic heterocycles. The van der Waals surface area contributed by atoms with Gasteiger partial charge in [0.05, 0.1) is 6.04 Å². The summed E-state index contributed by atoms with van der Waals surface area (Å²) in [6, 6.07) is 7.60. The highest BCUT2D eigenvalue weighted by atomic mass is 16.3. The predicted octanol–water partition coefficient (Wildman–Crippen LogP) is 1.71. The Morgan fingerprint density at radius 1 is 1.23 bits per heavy atom. The minimum Gasteiger partial charge on any atom is -0.494 e. The van der Waals surface area contributed by atoms with Crippen molar-refractivity contribution in [2.45, 2.75) is 32.4 Å². The fraction of sp³-hybridized carbons (Fsp3) is 0.368. The van der Waals surface area contributed by atoms with Gasteiger partial charge in [0.25, 0.3) is 5.56 Å². The summed E-state index contributed by atoms with van der Waals surface area (Å²) < 4.78 is 1.24. The Bertz CT molecular complexity index is 1090. The van der Waals surface area contributed by atoms with Crippen LogP contribution < -0.4 is 11.2 Å². The zero-order valence-corrected chi connectivity index (χ0v) is 14.9. The van der Waals surface area contributed by atoms with Crippen LogP contribution in [0, 0.1) is 0 Å². The first-order valence-electron chi connectivity index (χ1n) is 8.88. The molecule has 0 spiro atoms. The van der Waals surface area contributed by atoms with Crippen LogP contribution in [0.15, 0.2) is 33.9 Å². The lowest BCUT2D eigenvalue weighted by molar-refractivity contribution is 0.249. The van der Waals surface area contributed by atoms with Gasteiger partial charge in [0.2, 0.25) is 5.88 Å². The molecule has 0 saturated heterocycles. The molecule has 4 rings (SSSR count). The second-order valence-corrected chi connectivity index (χ2v) is 6.84. The maximum atomic E-state index is 12.6. The summed E-state index contributed by atoms with van der Waals surface area (Å²) in [7, 11) is 1.92. The van der Waals surface area contributed by atoms with Crippen LogP contribution in [-0.2, 0) is 13.0 Å². The summed E-state index contributed by atoms with van der Waals surface area (Å²) in [4.78, 5) is 32.5. The molecule has 3 aromatic rings. The second-order valence-electron chi connectivity index (χ2n) is 6.84. The number of nitrogens with zero attached hydrogens (tertiary/aromatic N) is 2. The monoisotopic (exact) mass is 354 g/mol. The van der Waals surface area contributed by atoms with E-state index in [1.54, 1.807) is 0 Å². The number of hydrogen-bond donors (Lipinski definition) is 3. The van der Waals surface area contributed by atoms with E-state index in [9.17, 15) is 14.7 Å². The first-order chi connectivity index (χ1) is 12.5. The van der Waals surface area contributed by atoms with Crippen molar-refractivity contribution in [3.05, 3.63) is 61.9 Å². The first kappa shape index (κ1) is 16.7. The third kappa shape index (κ3) is 2.39. The molecule has 7 nitrogen and oxygen atoms in total. The normalized spacial score (nSPS) is 17.5. The number of nitrogens with one attached hydrogen (secondary N) is 2. The van der Waals surface area contributed by atoms with Crippen LogP contribution in [0.4, 0.5) is 0 Å². The number of likely N-dealkylation sites (N-methyl/N-ethyl adjacent to an activating group) is 1. The van der Waals surface area contributed by atoms with Gasteiger partial charge in [0, 0.05) is 29.7 Å². The van der Waals surface area contributed by atoms with Crippen molar-refractivity contribution in [2.75, 3.05) is 13.6 Å². The number of aromatic hydroxyl groups is 1. The topological polar surface area (TPSA) is 94.1 Å². The van der Waals surface area contributed by atoms with E-state index in [1.807, 2.05) is 37.1 Å². The standard InChI is InChI=1S/C19H22N4O3/c1-3-9-23-18(25)14(17(24)21-19(23)26)16-15-12(8-10-22(16)2)11-6-4-5-7-13(11)20-15/h4-7,16,20,25H,3,8-10H2,1-2H3,(H,21,24,26)/t16-/m0/s1. The van der Waals surface area contributed by atoms with E-state index in [2.05, 4.69) is 16.0 Å². The maximum Gasteiger partial charge on any atom is 0.331 e. The summed E-state index contributed by atoms with van der Waals surface area (Å²) >= 11 is 0. The average Bonchev–Trinajstić information content (AvgIpc) is 2.99. The van der Waals surface area contributed by atoms with Gasteiger partial charge >= 0.3 is 5.69 Å². The zero-order chi connectivity index (χ0) is 18.4. The van der Waals surface area contributed by atoms with Crippen molar-refractivity contribution >= 4 is 10.9 Å². The molecule has 2 aromatic heterocycles. The van der Waals surface area contributed by atoms with Crippen LogP contribution in [0.25, 0.3) is 10.9 Å². The van der Waals surface area contributed by atoms with Gasteiger partial charge in [0.1, 0.15) is 5.56 Å². The van der Waals surface area contributed by atoms with E-state index in [4.69, 9.17) is 0 Å². The molecule has 26 heavy (non-hydrogen) atoms. The molecule has 0 radical (unpaired) electrons. The molecule has 7 heteroatoms. The Morgan fingerprint density at radius 2 is 2.00 bits per heavy atom. The molecule has 0 amide bonds. The molecule has 1 aliphatic rings. The van der Waals surface area contributed by atoms with E-state index in [-0.39, 0.29) is 11.4 Å². The van der Waals surface area contributed by atoms with Crippen molar-refractivity contribution in [1.29, 1.82) is 0 Å². The largest absolute Gasteiger partial charge is 0.494 e. The van der Waals surface area contributed by atoms with Crippen LogP contribution in [0.1, 0.15) is 36.2 Å². The highest BCUT2D eigenvalue weighted by molar-refractivity contribution is 5.85. The minimum atomic E-state index is -0.576. The van der Waals surface area contributed by atoms with Crippen molar-refractivity contribution in [3.8, 4) is 5.88 Å². The van der Waals surface area contributed by atoms with Crippen molar-refractivity contribution in [3.63, 3.8) is 0 Å². The Morgan fingerprint density at radius 3 is 2.77 bits per heavy atom. The first-order valence-corrected chi connectivity index (χ1v) is 8.88. The van der Waals surface area contributed by atoms with Crippen molar-refractivity contribution in [2.24, 2.45) is 0 Å². The highest BCUT2D eigenvalue weighted by Crippen LogP contribution is 2.38. The maximum absolute atomic E-state index is 12.6. The lowest BCUT2D eigenvalue weighted by atomic mass is 9.94. The third-order valence-electron chi connectivity index (χ3n) is 5.20. The summed E-state index contributed by atoms with van der Waals surface area (Å²) in [6.45, 7) is 3.02. The molecule has 0 unspecified atom stereocenters. The van der Waals surface area contributed by atoms with E-state index in [1.165, 1.54) is 4.57 Å². The Kier molecular flexibility index (Phi) is 3.96. The van der Waals surface area contributed by atoms with Crippen LogP contribution in [-0.4, -0.2) is 38.1 Å². The summed E-state index contributed by atoms with van der Waals surface area (Å²) in [5.74, 6) is -0.246. The van der Waals surface area contributed by atoms with Crippen molar-refractivity contribution < 1.29 is 5.11 Å². The summed E-state index contributed by atoms with van der Waals surface area (Å²) in [6.07, 6.45) is 1.54. The molecule has 3 heterocycles. The van der Waals surface area contributed by atoms with E-state index in [0.29, 0.717) is 13.0 Å². The fourth-order valence-electron chi connectivity index (χ4n) is 3.98. The lowest BCUT2D eigenvalue weighted by Crippen LogP contribution is -2.40. The molecule has 136 valence electrons. The highest BCUT2D eigenvalue weighted by Gasteiger charge is 2.34. The number of benzene rings is 1. The van der Waals surface area contributed by atoms with Crippen LogP contribution in [0.5, 0.6) is 5.88 Å². The van der Waals surface area contributed by atoms with E-state index < -0.39 is 17.3 Å². The molecule has 1 aromatic carbocycles. The SMILES string of the molecule is CCCn1c(O)c([C@H]2c3[nH]c4ccccc4c3CCN2C)c(=O)[nH]c1=O. The van der Waals surface area contributed by atoms with E-state index >= 15 is 0 Å². The van der Waals surface area contributed by atoms with Gasteiger partial charge in [-0.1, -0.05) is 25.1 Å². The van der Waals surface area contributed by atoms with Gasteiger partial charge < -0.3 is 10.1 Å². The summed E-state index contributed by atoms with van der Waals surface area (Å²) in [5.41, 5.74) is 2.18.